The van der Waals surface area contributed by atoms with Crippen LogP contribution in [0.4, 0.5) is 0 Å². The molecule has 10 heavy (non-hydrogen) atoms. The maximum Gasteiger partial charge on any atom is 0.192 e. The van der Waals surface area contributed by atoms with Gasteiger partial charge in [-0.1, -0.05) is 48.1 Å². The first-order valence-corrected chi connectivity index (χ1v) is 4.73. The standard InChI is InChI=1S/C6H10Cl4/c1-2-3-5(7)4-6(8,9)10/h5H,2-4H2,1H3. The van der Waals surface area contributed by atoms with Gasteiger partial charge in [-0.25, -0.2) is 0 Å². The lowest BCUT2D eigenvalue weighted by Gasteiger charge is -2.14. The van der Waals surface area contributed by atoms with Crippen LogP contribution in [0.1, 0.15) is 26.2 Å². The van der Waals surface area contributed by atoms with Crippen molar-refractivity contribution in [1.82, 2.24) is 0 Å². The van der Waals surface area contributed by atoms with Gasteiger partial charge in [-0.3, -0.25) is 0 Å². The van der Waals surface area contributed by atoms with Gasteiger partial charge in [0, 0.05) is 11.8 Å². The molecule has 0 N–H and O–H groups in total. The summed E-state index contributed by atoms with van der Waals surface area (Å²) in [4.78, 5) is 0. The van der Waals surface area contributed by atoms with E-state index in [1.54, 1.807) is 0 Å². The highest BCUT2D eigenvalue weighted by atomic mass is 35.6. The van der Waals surface area contributed by atoms with Crippen molar-refractivity contribution >= 4 is 46.4 Å². The normalized spacial score (nSPS) is 15.3. The summed E-state index contributed by atoms with van der Waals surface area (Å²) in [6, 6.07) is 0. The highest BCUT2D eigenvalue weighted by Crippen LogP contribution is 2.33. The zero-order chi connectivity index (χ0) is 8.20. The highest BCUT2D eigenvalue weighted by Gasteiger charge is 2.23. The summed E-state index contributed by atoms with van der Waals surface area (Å²) in [7, 11) is 0. The summed E-state index contributed by atoms with van der Waals surface area (Å²) in [5.74, 6) is 0. The monoisotopic (exact) mass is 222 g/mol. The van der Waals surface area contributed by atoms with Crippen molar-refractivity contribution in [2.75, 3.05) is 0 Å². The molecule has 0 heterocycles. The first-order chi connectivity index (χ1) is 4.45. The lowest BCUT2D eigenvalue weighted by atomic mass is 10.2. The van der Waals surface area contributed by atoms with E-state index in [4.69, 9.17) is 46.4 Å². The van der Waals surface area contributed by atoms with E-state index in [0.717, 1.165) is 12.8 Å². The first kappa shape index (κ1) is 11.2. The average Bonchev–Trinajstić information content (AvgIpc) is 1.59. The Hall–Kier alpha value is 1.16. The van der Waals surface area contributed by atoms with Gasteiger partial charge in [0.15, 0.2) is 3.79 Å². The van der Waals surface area contributed by atoms with Crippen molar-refractivity contribution in [2.24, 2.45) is 0 Å². The van der Waals surface area contributed by atoms with Crippen molar-refractivity contribution in [2.45, 2.75) is 35.4 Å². The fraction of sp³-hybridized carbons (Fsp3) is 1.00. The van der Waals surface area contributed by atoms with E-state index < -0.39 is 3.79 Å². The van der Waals surface area contributed by atoms with Crippen LogP contribution in [0.3, 0.4) is 0 Å². The Balaban J connectivity index is 3.47. The zero-order valence-electron chi connectivity index (χ0n) is 5.71. The molecule has 62 valence electrons. The topological polar surface area (TPSA) is 0 Å². The second kappa shape index (κ2) is 4.92. The summed E-state index contributed by atoms with van der Waals surface area (Å²) in [6.07, 6.45) is 2.34. The third-order valence-corrected chi connectivity index (χ3v) is 1.89. The molecule has 1 unspecified atom stereocenters. The summed E-state index contributed by atoms with van der Waals surface area (Å²) in [5.41, 5.74) is 0. The van der Waals surface area contributed by atoms with Crippen LogP contribution in [0, 0.1) is 0 Å². The van der Waals surface area contributed by atoms with Gasteiger partial charge in [-0.2, -0.15) is 0 Å². The fourth-order valence-corrected chi connectivity index (χ4v) is 1.91. The Morgan fingerprint density at radius 3 is 2.10 bits per heavy atom. The molecular formula is C6H10Cl4. The Morgan fingerprint density at radius 1 is 1.30 bits per heavy atom. The average molecular weight is 224 g/mol. The molecule has 0 bridgehead atoms. The molecule has 0 aromatic rings. The number of hydrogen-bond acceptors (Lipinski definition) is 0. The van der Waals surface area contributed by atoms with Crippen LogP contribution in [0.25, 0.3) is 0 Å². The van der Waals surface area contributed by atoms with Crippen LogP contribution >= 0.6 is 46.4 Å². The smallest absolute Gasteiger partial charge is 0.123 e. The predicted molar refractivity (Wildman–Crippen MR) is 49.5 cm³/mol. The van der Waals surface area contributed by atoms with E-state index >= 15 is 0 Å². The summed E-state index contributed by atoms with van der Waals surface area (Å²) >= 11 is 22.3. The number of hydrogen-bond donors (Lipinski definition) is 0. The van der Waals surface area contributed by atoms with Gasteiger partial charge in [0.1, 0.15) is 0 Å². The number of rotatable bonds is 3. The van der Waals surface area contributed by atoms with Crippen LogP contribution in [0.2, 0.25) is 0 Å². The molecule has 0 aliphatic carbocycles. The number of halogens is 4. The highest BCUT2D eigenvalue weighted by molar-refractivity contribution is 6.67. The van der Waals surface area contributed by atoms with Crippen molar-refractivity contribution < 1.29 is 0 Å². The van der Waals surface area contributed by atoms with Crippen molar-refractivity contribution in [1.29, 1.82) is 0 Å². The van der Waals surface area contributed by atoms with Gasteiger partial charge < -0.3 is 0 Å². The van der Waals surface area contributed by atoms with E-state index in [1.165, 1.54) is 0 Å². The molecule has 0 aromatic heterocycles. The minimum Gasteiger partial charge on any atom is -0.123 e. The maximum atomic E-state index is 5.81. The van der Waals surface area contributed by atoms with Gasteiger partial charge >= 0.3 is 0 Å². The van der Waals surface area contributed by atoms with Crippen molar-refractivity contribution in [3.8, 4) is 0 Å². The van der Waals surface area contributed by atoms with Crippen LogP contribution in [-0.4, -0.2) is 9.17 Å². The van der Waals surface area contributed by atoms with Crippen LogP contribution in [0.5, 0.6) is 0 Å². The lowest BCUT2D eigenvalue weighted by molar-refractivity contribution is 0.686. The molecule has 1 atom stereocenters. The molecule has 0 rings (SSSR count). The Labute approximate surface area is 81.8 Å². The minimum atomic E-state index is -1.19. The Bertz CT molecular complexity index is 86.2. The van der Waals surface area contributed by atoms with E-state index in [9.17, 15) is 0 Å². The molecule has 4 heteroatoms. The predicted octanol–water partition coefficient (Wildman–Crippen LogP) is 4.15. The van der Waals surface area contributed by atoms with Crippen molar-refractivity contribution in [3.63, 3.8) is 0 Å². The van der Waals surface area contributed by atoms with Gasteiger partial charge in [0.25, 0.3) is 0 Å². The SMILES string of the molecule is CCCC(Cl)CC(Cl)(Cl)Cl. The van der Waals surface area contributed by atoms with Crippen molar-refractivity contribution in [3.05, 3.63) is 0 Å². The third kappa shape index (κ3) is 7.27. The largest absolute Gasteiger partial charge is 0.192 e. The van der Waals surface area contributed by atoms with Crippen LogP contribution in [0.15, 0.2) is 0 Å². The molecule has 0 nitrogen and oxygen atoms in total. The maximum absolute atomic E-state index is 5.81. The molecule has 0 aromatic carbocycles. The quantitative estimate of drug-likeness (QED) is 0.631. The lowest BCUT2D eigenvalue weighted by Crippen LogP contribution is -2.11. The molecule has 0 spiro atoms. The van der Waals surface area contributed by atoms with Gasteiger partial charge in [-0.05, 0) is 6.42 Å². The second-order valence-electron chi connectivity index (χ2n) is 2.21. The molecule has 0 amide bonds. The van der Waals surface area contributed by atoms with E-state index in [0.29, 0.717) is 6.42 Å². The molecule has 0 saturated heterocycles. The first-order valence-electron chi connectivity index (χ1n) is 3.16. The zero-order valence-corrected chi connectivity index (χ0v) is 8.73. The molecule has 0 aliphatic rings. The molecule has 0 saturated carbocycles. The minimum absolute atomic E-state index is 0.0162. The summed E-state index contributed by atoms with van der Waals surface area (Å²) in [6.45, 7) is 2.05. The van der Waals surface area contributed by atoms with Crippen LogP contribution < -0.4 is 0 Å². The van der Waals surface area contributed by atoms with Crippen LogP contribution in [-0.2, 0) is 0 Å². The van der Waals surface area contributed by atoms with E-state index in [-0.39, 0.29) is 5.38 Å². The second-order valence-corrected chi connectivity index (χ2v) is 5.34. The third-order valence-electron chi connectivity index (χ3n) is 1.05. The van der Waals surface area contributed by atoms with Gasteiger partial charge in [0.05, 0.1) is 0 Å². The Kier molecular flexibility index (Phi) is 5.49. The molecule has 0 fully saturated rings. The van der Waals surface area contributed by atoms with Gasteiger partial charge in [-0.15, -0.1) is 11.6 Å². The molecule has 0 radical (unpaired) electrons. The Morgan fingerprint density at radius 2 is 1.80 bits per heavy atom. The molecule has 0 aliphatic heterocycles. The summed E-state index contributed by atoms with van der Waals surface area (Å²) < 4.78 is -1.19. The van der Waals surface area contributed by atoms with E-state index in [2.05, 4.69) is 0 Å². The molecular weight excluding hydrogens is 214 g/mol. The summed E-state index contributed by atoms with van der Waals surface area (Å²) in [5, 5.41) is -0.0162. The van der Waals surface area contributed by atoms with E-state index in [1.807, 2.05) is 6.92 Å². The number of alkyl halides is 4. The van der Waals surface area contributed by atoms with Gasteiger partial charge in [0.2, 0.25) is 0 Å². The fourth-order valence-electron chi connectivity index (χ4n) is 0.666.